The molecule has 1 aliphatic heterocycles. The van der Waals surface area contributed by atoms with Gasteiger partial charge >= 0.3 is 0 Å². The molecule has 3 rings (SSSR count). The van der Waals surface area contributed by atoms with Crippen molar-refractivity contribution in [2.24, 2.45) is 0 Å². The minimum atomic E-state index is -0.124. The maximum Gasteiger partial charge on any atom is 0.245 e. The van der Waals surface area contributed by atoms with E-state index in [0.717, 1.165) is 23.9 Å². The number of likely N-dealkylation sites (N-methyl/N-ethyl adjacent to an activating group) is 1. The minimum Gasteiger partial charge on any atom is -0.344 e. The molecular formula is C14H13N3O. The first-order chi connectivity index (χ1) is 8.70. The van der Waals surface area contributed by atoms with Crippen LogP contribution in [0.1, 0.15) is 18.0 Å². The quantitative estimate of drug-likeness (QED) is 0.763. The van der Waals surface area contributed by atoms with Gasteiger partial charge in [0.15, 0.2) is 0 Å². The van der Waals surface area contributed by atoms with Crippen molar-refractivity contribution in [2.45, 2.75) is 12.5 Å². The van der Waals surface area contributed by atoms with Crippen molar-refractivity contribution in [3.8, 4) is 6.07 Å². The Kier molecular flexibility index (Phi) is 2.34. The number of likely N-dealkylation sites (tertiary alicyclic amines) is 1. The Hall–Kier alpha value is -2.28. The highest BCUT2D eigenvalue weighted by molar-refractivity contribution is 5.87. The Morgan fingerprint density at radius 1 is 1.39 bits per heavy atom. The van der Waals surface area contributed by atoms with Crippen molar-refractivity contribution in [2.75, 3.05) is 13.6 Å². The van der Waals surface area contributed by atoms with Gasteiger partial charge in [-0.3, -0.25) is 4.79 Å². The van der Waals surface area contributed by atoms with Crippen LogP contribution in [0.3, 0.4) is 0 Å². The third kappa shape index (κ3) is 1.48. The fourth-order valence-electron chi connectivity index (χ4n) is 2.55. The third-order valence-corrected chi connectivity index (χ3v) is 3.59. The standard InChI is InChI=1S/C14H13N3O/c1-16-6-5-12(14(16)18)17-7-4-11-3-2-10(9-15)8-13(11)17/h2-4,7-8,12H,5-6H2,1H3. The van der Waals surface area contributed by atoms with Crippen LogP contribution in [0.25, 0.3) is 10.9 Å². The number of rotatable bonds is 1. The molecule has 0 bridgehead atoms. The topological polar surface area (TPSA) is 49.0 Å². The normalized spacial score (nSPS) is 19.4. The molecule has 4 nitrogen and oxygen atoms in total. The van der Waals surface area contributed by atoms with Crippen molar-refractivity contribution < 1.29 is 4.79 Å². The summed E-state index contributed by atoms with van der Waals surface area (Å²) >= 11 is 0. The van der Waals surface area contributed by atoms with Gasteiger partial charge in [-0.1, -0.05) is 6.07 Å². The molecule has 1 atom stereocenters. The highest BCUT2D eigenvalue weighted by Crippen LogP contribution is 2.27. The van der Waals surface area contributed by atoms with E-state index in [-0.39, 0.29) is 11.9 Å². The van der Waals surface area contributed by atoms with Crippen molar-refractivity contribution >= 4 is 16.8 Å². The highest BCUT2D eigenvalue weighted by atomic mass is 16.2. The number of benzene rings is 1. The molecule has 2 heterocycles. The van der Waals surface area contributed by atoms with Crippen LogP contribution in [0.5, 0.6) is 0 Å². The third-order valence-electron chi connectivity index (χ3n) is 3.59. The fraction of sp³-hybridized carbons (Fsp3) is 0.286. The zero-order chi connectivity index (χ0) is 12.7. The Labute approximate surface area is 105 Å². The summed E-state index contributed by atoms with van der Waals surface area (Å²) in [4.78, 5) is 13.8. The van der Waals surface area contributed by atoms with E-state index < -0.39 is 0 Å². The Bertz CT molecular complexity index is 665. The molecule has 1 fully saturated rings. The van der Waals surface area contributed by atoms with Gasteiger partial charge in [-0.15, -0.1) is 0 Å². The molecule has 1 aromatic heterocycles. The van der Waals surface area contributed by atoms with E-state index in [0.29, 0.717) is 5.56 Å². The SMILES string of the molecule is CN1CCC(n2ccc3ccc(C#N)cc32)C1=O. The summed E-state index contributed by atoms with van der Waals surface area (Å²) in [6.45, 7) is 0.793. The lowest BCUT2D eigenvalue weighted by Gasteiger charge is -2.13. The lowest BCUT2D eigenvalue weighted by atomic mass is 10.1. The van der Waals surface area contributed by atoms with Gasteiger partial charge < -0.3 is 9.47 Å². The van der Waals surface area contributed by atoms with Crippen LogP contribution >= 0.6 is 0 Å². The number of nitriles is 1. The molecule has 4 heteroatoms. The Balaban J connectivity index is 2.13. The van der Waals surface area contributed by atoms with E-state index >= 15 is 0 Å². The molecule has 1 amide bonds. The molecule has 2 aromatic rings. The number of amides is 1. The summed E-state index contributed by atoms with van der Waals surface area (Å²) in [5.74, 6) is 0.148. The van der Waals surface area contributed by atoms with Gasteiger partial charge in [-0.05, 0) is 30.0 Å². The van der Waals surface area contributed by atoms with Gasteiger partial charge in [0.2, 0.25) is 5.91 Å². The zero-order valence-corrected chi connectivity index (χ0v) is 10.1. The molecule has 0 saturated carbocycles. The number of carbonyl (C=O) groups excluding carboxylic acids is 1. The monoisotopic (exact) mass is 239 g/mol. The summed E-state index contributed by atoms with van der Waals surface area (Å²) in [6.07, 6.45) is 2.77. The molecule has 1 aliphatic rings. The van der Waals surface area contributed by atoms with Gasteiger partial charge in [-0.2, -0.15) is 5.26 Å². The molecule has 1 aromatic carbocycles. The van der Waals surface area contributed by atoms with Crippen LogP contribution in [0.15, 0.2) is 30.5 Å². The summed E-state index contributed by atoms with van der Waals surface area (Å²) in [5.41, 5.74) is 1.59. The van der Waals surface area contributed by atoms with E-state index in [1.165, 1.54) is 0 Å². The number of hydrogen-bond acceptors (Lipinski definition) is 2. The smallest absolute Gasteiger partial charge is 0.245 e. The first-order valence-electron chi connectivity index (χ1n) is 5.96. The van der Waals surface area contributed by atoms with Gasteiger partial charge in [0.25, 0.3) is 0 Å². The van der Waals surface area contributed by atoms with Gasteiger partial charge in [-0.25, -0.2) is 0 Å². The molecule has 0 N–H and O–H groups in total. The number of carbonyl (C=O) groups is 1. The van der Waals surface area contributed by atoms with Crippen LogP contribution in [0.4, 0.5) is 0 Å². The lowest BCUT2D eigenvalue weighted by molar-refractivity contribution is -0.129. The minimum absolute atomic E-state index is 0.124. The average molecular weight is 239 g/mol. The predicted molar refractivity (Wildman–Crippen MR) is 67.9 cm³/mol. The highest BCUT2D eigenvalue weighted by Gasteiger charge is 2.30. The number of hydrogen-bond donors (Lipinski definition) is 0. The lowest BCUT2D eigenvalue weighted by Crippen LogP contribution is -2.24. The second kappa shape index (κ2) is 3.88. The van der Waals surface area contributed by atoms with Crippen LogP contribution in [0, 0.1) is 11.3 Å². The average Bonchev–Trinajstić information content (AvgIpc) is 2.94. The molecule has 1 saturated heterocycles. The number of nitrogens with zero attached hydrogens (tertiary/aromatic N) is 3. The van der Waals surface area contributed by atoms with Gasteiger partial charge in [0.1, 0.15) is 6.04 Å². The summed E-state index contributed by atoms with van der Waals surface area (Å²) in [5, 5.41) is 10.0. The van der Waals surface area contributed by atoms with E-state index in [9.17, 15) is 4.79 Å². The molecule has 0 aliphatic carbocycles. The maximum atomic E-state index is 12.0. The first-order valence-corrected chi connectivity index (χ1v) is 5.96. The van der Waals surface area contributed by atoms with Crippen molar-refractivity contribution in [1.82, 2.24) is 9.47 Å². The largest absolute Gasteiger partial charge is 0.344 e. The fourth-order valence-corrected chi connectivity index (χ4v) is 2.55. The first kappa shape index (κ1) is 10.8. The van der Waals surface area contributed by atoms with Gasteiger partial charge in [0, 0.05) is 19.8 Å². The predicted octanol–water partition coefficient (Wildman–Crippen LogP) is 1.92. The molecule has 1 unspecified atom stereocenters. The second-order valence-corrected chi connectivity index (χ2v) is 4.67. The van der Waals surface area contributed by atoms with Crippen molar-refractivity contribution in [1.29, 1.82) is 5.26 Å². The second-order valence-electron chi connectivity index (χ2n) is 4.67. The van der Waals surface area contributed by atoms with Crippen LogP contribution in [0.2, 0.25) is 0 Å². The summed E-state index contributed by atoms with van der Waals surface area (Å²) in [7, 11) is 1.83. The molecule has 0 spiro atoms. The summed E-state index contributed by atoms with van der Waals surface area (Å²) in [6, 6.07) is 9.58. The van der Waals surface area contributed by atoms with E-state index in [4.69, 9.17) is 5.26 Å². The molecular weight excluding hydrogens is 226 g/mol. The van der Waals surface area contributed by atoms with Crippen molar-refractivity contribution in [3.05, 3.63) is 36.0 Å². The molecule has 0 radical (unpaired) electrons. The Morgan fingerprint density at radius 2 is 2.22 bits per heavy atom. The molecule has 18 heavy (non-hydrogen) atoms. The zero-order valence-electron chi connectivity index (χ0n) is 10.1. The van der Waals surface area contributed by atoms with Crippen LogP contribution < -0.4 is 0 Å². The maximum absolute atomic E-state index is 12.0. The van der Waals surface area contributed by atoms with E-state index in [1.54, 1.807) is 11.0 Å². The number of aromatic nitrogens is 1. The van der Waals surface area contributed by atoms with Crippen LogP contribution in [-0.4, -0.2) is 29.0 Å². The van der Waals surface area contributed by atoms with E-state index in [1.807, 2.05) is 36.0 Å². The number of fused-ring (bicyclic) bond motifs is 1. The summed E-state index contributed by atoms with van der Waals surface area (Å²) < 4.78 is 1.99. The molecule has 90 valence electrons. The van der Waals surface area contributed by atoms with E-state index in [2.05, 4.69) is 6.07 Å². The van der Waals surface area contributed by atoms with Gasteiger partial charge in [0.05, 0.1) is 17.1 Å². The van der Waals surface area contributed by atoms with Crippen LogP contribution in [-0.2, 0) is 4.79 Å². The van der Waals surface area contributed by atoms with Crippen molar-refractivity contribution in [3.63, 3.8) is 0 Å². The Morgan fingerprint density at radius 3 is 2.89 bits per heavy atom.